The third-order valence-corrected chi connectivity index (χ3v) is 12.2. The molecule has 1 amide bonds. The Balaban J connectivity index is 1.43. The number of carbonyl (C=O) groups is 1. The fourth-order valence-corrected chi connectivity index (χ4v) is 8.67. The molecule has 0 saturated heterocycles. The molecule has 0 aliphatic rings. The first-order valence-electron chi connectivity index (χ1n) is 15.6. The molecule has 0 radical (unpaired) electrons. The number of thiophene rings is 2. The number of benzene rings is 4. The van der Waals surface area contributed by atoms with Gasteiger partial charge in [-0.1, -0.05) is 36.4 Å². The summed E-state index contributed by atoms with van der Waals surface area (Å²) in [6.45, 7) is 0. The largest absolute Gasteiger partial charge is 0.455 e. The molecule has 0 bridgehead atoms. The van der Waals surface area contributed by atoms with E-state index in [0.717, 1.165) is 47.6 Å². The van der Waals surface area contributed by atoms with E-state index in [1.54, 1.807) is 46.9 Å². The van der Waals surface area contributed by atoms with Crippen molar-refractivity contribution >= 4 is 75.4 Å². The van der Waals surface area contributed by atoms with Gasteiger partial charge in [-0.2, -0.15) is 0 Å². The summed E-state index contributed by atoms with van der Waals surface area (Å²) in [5.41, 5.74) is 4.16. The molecule has 1 N–H and O–H groups in total. The highest BCUT2D eigenvalue weighted by Gasteiger charge is 2.27. The molecule has 8 aromatic rings. The van der Waals surface area contributed by atoms with Gasteiger partial charge in [0.2, 0.25) is 10.0 Å². The van der Waals surface area contributed by atoms with Gasteiger partial charge in [0.25, 0.3) is 5.91 Å². The molecular weight excluding hydrogens is 690 g/mol. The van der Waals surface area contributed by atoms with Gasteiger partial charge in [0.05, 0.1) is 38.6 Å². The molecule has 0 spiro atoms. The number of anilines is 1. The van der Waals surface area contributed by atoms with E-state index in [1.165, 1.54) is 30.5 Å². The number of carbonyl (C=O) groups excluding carboxylic acids is 1. The number of hydrogen-bond acceptors (Lipinski definition) is 7. The fraction of sp³-hybridized carbons (Fsp3) is 0.0769. The van der Waals surface area contributed by atoms with Crippen molar-refractivity contribution in [2.75, 3.05) is 24.7 Å². The lowest BCUT2D eigenvalue weighted by Gasteiger charge is -2.21. The van der Waals surface area contributed by atoms with Gasteiger partial charge in [-0.25, -0.2) is 17.8 Å². The Morgan fingerprint density at radius 1 is 0.800 bits per heavy atom. The number of furan rings is 1. The molecule has 248 valence electrons. The minimum absolute atomic E-state index is 0.246. The second-order valence-electron chi connectivity index (χ2n) is 11.9. The van der Waals surface area contributed by atoms with E-state index in [-0.39, 0.29) is 11.3 Å². The average molecular weight is 718 g/mol. The lowest BCUT2D eigenvalue weighted by molar-refractivity contribution is 0.0964. The first-order chi connectivity index (χ1) is 24.1. The molecule has 8 rings (SSSR count). The summed E-state index contributed by atoms with van der Waals surface area (Å²) in [5, 5.41) is 5.38. The Bertz CT molecular complexity index is 2570. The second kappa shape index (κ2) is 12.2. The highest BCUT2D eigenvalue weighted by atomic mass is 32.2. The molecule has 0 saturated carbocycles. The van der Waals surface area contributed by atoms with E-state index >= 15 is 0 Å². The Kier molecular flexibility index (Phi) is 7.78. The van der Waals surface area contributed by atoms with Crippen molar-refractivity contribution in [3.05, 3.63) is 121 Å². The number of nitrogens with zero attached hydrogens (tertiary/aromatic N) is 2. The van der Waals surface area contributed by atoms with E-state index < -0.39 is 21.7 Å². The van der Waals surface area contributed by atoms with Gasteiger partial charge in [-0.05, 0) is 83.1 Å². The molecule has 0 aliphatic heterocycles. The number of rotatable bonds is 7. The van der Waals surface area contributed by atoms with Crippen LogP contribution in [0.15, 0.2) is 114 Å². The predicted molar refractivity (Wildman–Crippen MR) is 203 cm³/mol. The standard InChI is InChI=1S/C39H28FN3O4S3/c1-41-39(44)37-28-20-27(31(43(2)50(3,45)46)21-32(28)47-38(37)22-12-14-26(40)15-13-22)25-16-29(35-18-23-8-4-6-10-33(23)48-35)42-30(17-25)36-19-24-9-5-7-11-34(24)49-36/h4-21H,1-3H3,(H,41,44). The molecule has 0 aliphatic carbocycles. The van der Waals surface area contributed by atoms with Crippen molar-refractivity contribution in [3.8, 4) is 43.6 Å². The van der Waals surface area contributed by atoms with E-state index in [4.69, 9.17) is 9.40 Å². The Hall–Kier alpha value is -5.36. The van der Waals surface area contributed by atoms with Gasteiger partial charge in [0, 0.05) is 46.1 Å². The SMILES string of the molecule is CNC(=O)c1c(-c2ccc(F)cc2)oc2cc(N(C)S(C)(=O)=O)c(-c3cc(-c4cc5ccccc5s4)nc(-c4cc5ccccc5s4)c3)cc12. The third-order valence-electron chi connectivity index (χ3n) is 8.70. The van der Waals surface area contributed by atoms with Crippen molar-refractivity contribution < 1.29 is 22.0 Å². The van der Waals surface area contributed by atoms with Gasteiger partial charge in [-0.15, -0.1) is 22.7 Å². The number of sulfonamides is 1. The van der Waals surface area contributed by atoms with E-state index in [2.05, 4.69) is 41.7 Å². The number of amides is 1. The molecular formula is C39H28FN3O4S3. The van der Waals surface area contributed by atoms with Crippen molar-refractivity contribution in [1.29, 1.82) is 0 Å². The fourth-order valence-electron chi connectivity index (χ4n) is 6.11. The molecule has 0 fully saturated rings. The molecule has 0 unspecified atom stereocenters. The lowest BCUT2D eigenvalue weighted by atomic mass is 9.97. The van der Waals surface area contributed by atoms with Crippen LogP contribution in [0.1, 0.15) is 10.4 Å². The summed E-state index contributed by atoms with van der Waals surface area (Å²) in [4.78, 5) is 20.5. The molecule has 11 heteroatoms. The maximum Gasteiger partial charge on any atom is 0.255 e. The lowest BCUT2D eigenvalue weighted by Crippen LogP contribution is -2.25. The van der Waals surface area contributed by atoms with Gasteiger partial charge < -0.3 is 9.73 Å². The molecule has 7 nitrogen and oxygen atoms in total. The van der Waals surface area contributed by atoms with Crippen LogP contribution in [0.3, 0.4) is 0 Å². The smallest absolute Gasteiger partial charge is 0.255 e. The maximum absolute atomic E-state index is 13.9. The number of hydrogen-bond donors (Lipinski definition) is 1. The molecule has 4 aromatic heterocycles. The van der Waals surface area contributed by atoms with Crippen LogP contribution >= 0.6 is 22.7 Å². The number of aromatic nitrogens is 1. The zero-order chi connectivity index (χ0) is 34.7. The number of pyridine rings is 1. The van der Waals surface area contributed by atoms with Gasteiger partial charge in [-0.3, -0.25) is 9.10 Å². The van der Waals surface area contributed by atoms with Crippen molar-refractivity contribution in [2.45, 2.75) is 0 Å². The van der Waals surface area contributed by atoms with Crippen LogP contribution in [0.4, 0.5) is 10.1 Å². The number of nitrogens with one attached hydrogen (secondary N) is 1. The Morgan fingerprint density at radius 2 is 1.38 bits per heavy atom. The summed E-state index contributed by atoms with van der Waals surface area (Å²) in [6.07, 6.45) is 1.14. The zero-order valence-electron chi connectivity index (χ0n) is 27.0. The van der Waals surface area contributed by atoms with Crippen LogP contribution in [-0.4, -0.2) is 39.7 Å². The van der Waals surface area contributed by atoms with Crippen molar-refractivity contribution in [3.63, 3.8) is 0 Å². The quantitative estimate of drug-likeness (QED) is 0.177. The van der Waals surface area contributed by atoms with Crippen LogP contribution in [0.2, 0.25) is 0 Å². The van der Waals surface area contributed by atoms with Crippen LogP contribution in [0.25, 0.3) is 74.7 Å². The number of fused-ring (bicyclic) bond motifs is 3. The molecule has 4 aromatic carbocycles. The molecule has 4 heterocycles. The maximum atomic E-state index is 13.9. The monoisotopic (exact) mass is 717 g/mol. The highest BCUT2D eigenvalue weighted by Crippen LogP contribution is 2.44. The first-order valence-corrected chi connectivity index (χ1v) is 19.1. The summed E-state index contributed by atoms with van der Waals surface area (Å²) in [6, 6.07) is 33.6. The van der Waals surface area contributed by atoms with Crippen LogP contribution < -0.4 is 9.62 Å². The Labute approximate surface area is 295 Å². The van der Waals surface area contributed by atoms with E-state index in [0.29, 0.717) is 33.3 Å². The van der Waals surface area contributed by atoms with Crippen LogP contribution in [-0.2, 0) is 10.0 Å². The topological polar surface area (TPSA) is 92.5 Å². The van der Waals surface area contributed by atoms with E-state index in [9.17, 15) is 17.6 Å². The van der Waals surface area contributed by atoms with Gasteiger partial charge >= 0.3 is 0 Å². The van der Waals surface area contributed by atoms with Crippen LogP contribution in [0.5, 0.6) is 0 Å². The molecule has 0 atom stereocenters. The summed E-state index contributed by atoms with van der Waals surface area (Å²) < 4.78 is 49.8. The third kappa shape index (κ3) is 5.63. The summed E-state index contributed by atoms with van der Waals surface area (Å²) >= 11 is 3.26. The predicted octanol–water partition coefficient (Wildman–Crippen LogP) is 9.82. The highest BCUT2D eigenvalue weighted by molar-refractivity contribution is 7.92. The average Bonchev–Trinajstić information content (AvgIpc) is 3.85. The van der Waals surface area contributed by atoms with Gasteiger partial charge in [0.15, 0.2) is 0 Å². The van der Waals surface area contributed by atoms with Crippen LogP contribution in [0, 0.1) is 5.82 Å². The first kappa shape index (κ1) is 31.9. The minimum atomic E-state index is -3.74. The second-order valence-corrected chi connectivity index (χ2v) is 16.1. The minimum Gasteiger partial charge on any atom is -0.455 e. The molecule has 50 heavy (non-hydrogen) atoms. The van der Waals surface area contributed by atoms with Crippen molar-refractivity contribution in [2.24, 2.45) is 0 Å². The normalized spacial score (nSPS) is 11.8. The summed E-state index contributed by atoms with van der Waals surface area (Å²) in [5.74, 6) is -0.576. The summed E-state index contributed by atoms with van der Waals surface area (Å²) in [7, 11) is -0.718. The zero-order valence-corrected chi connectivity index (χ0v) is 29.5. The van der Waals surface area contributed by atoms with Crippen molar-refractivity contribution in [1.82, 2.24) is 10.3 Å². The Morgan fingerprint density at radius 3 is 1.92 bits per heavy atom. The van der Waals surface area contributed by atoms with E-state index in [1.807, 2.05) is 36.4 Å². The van der Waals surface area contributed by atoms with Gasteiger partial charge in [0.1, 0.15) is 17.2 Å². The number of halogens is 1.